The van der Waals surface area contributed by atoms with E-state index < -0.39 is 100.0 Å². The summed E-state index contributed by atoms with van der Waals surface area (Å²) in [6.45, 7) is 6.67. The molecule has 2 spiro atoms. The van der Waals surface area contributed by atoms with Crippen LogP contribution in [0.2, 0.25) is 0 Å². The molecule has 6 aliphatic rings. The van der Waals surface area contributed by atoms with E-state index in [0.29, 0.717) is 0 Å². The Kier molecular flexibility index (Phi) is 4.46. The summed E-state index contributed by atoms with van der Waals surface area (Å²) in [5.41, 5.74) is -9.65. The molecule has 12 atom stereocenters. The van der Waals surface area contributed by atoms with Crippen LogP contribution >= 0.6 is 0 Å². The molecule has 0 amide bonds. The predicted molar refractivity (Wildman–Crippen MR) is 123 cm³/mol. The fourth-order valence-electron chi connectivity index (χ4n) is 9.12. The van der Waals surface area contributed by atoms with E-state index in [2.05, 4.69) is 0 Å². The molecule has 1 aromatic carbocycles. The van der Waals surface area contributed by atoms with E-state index in [1.54, 1.807) is 39.0 Å². The van der Waals surface area contributed by atoms with Gasteiger partial charge in [0.15, 0.2) is 23.9 Å². The van der Waals surface area contributed by atoms with Gasteiger partial charge in [-0.15, -0.1) is 0 Å². The van der Waals surface area contributed by atoms with E-state index in [-0.39, 0.29) is 5.56 Å². The molecule has 12 nitrogen and oxygen atoms in total. The molecule has 39 heavy (non-hydrogen) atoms. The molecular formula is C27H28O12. The minimum Gasteiger partial charge on any atom is -0.456 e. The van der Waals surface area contributed by atoms with Gasteiger partial charge in [0.05, 0.1) is 22.3 Å². The van der Waals surface area contributed by atoms with Crippen molar-refractivity contribution in [3.63, 3.8) is 0 Å². The molecule has 2 saturated carbocycles. The van der Waals surface area contributed by atoms with Crippen LogP contribution in [0.4, 0.5) is 0 Å². The van der Waals surface area contributed by atoms with Crippen molar-refractivity contribution < 1.29 is 58.2 Å². The standard InChI is InChI=1S/C27H28O12/c1-10-18(30)36-17-14(28)25-16-12(35-19(31)11-8-6-5-7-9-11)13(23(2,3)4)24(25)15(29)20(32)38-22(24)39-27(25,21(33)37-16)26(10,17)34/h5-10,12-17,22,28-29,34H,1-4H3/t10-,12-,13?,14?,15+,16?,17?,22?,24?,25?,26-,27?/m1/s1. The van der Waals surface area contributed by atoms with E-state index >= 15 is 0 Å². The second-order valence-electron chi connectivity index (χ2n) is 12.5. The molecule has 1 aromatic rings. The Bertz CT molecular complexity index is 1340. The van der Waals surface area contributed by atoms with Crippen LogP contribution in [0.3, 0.4) is 0 Å². The summed E-state index contributed by atoms with van der Waals surface area (Å²) >= 11 is 0. The van der Waals surface area contributed by atoms with Gasteiger partial charge in [0.2, 0.25) is 11.9 Å². The average molecular weight is 545 g/mol. The van der Waals surface area contributed by atoms with E-state index in [0.717, 1.165) is 0 Å². The Hall–Kier alpha value is -3.06. The van der Waals surface area contributed by atoms with Crippen LogP contribution in [-0.4, -0.2) is 87.2 Å². The summed E-state index contributed by atoms with van der Waals surface area (Å²) < 4.78 is 29.0. The van der Waals surface area contributed by atoms with Gasteiger partial charge in [-0.2, -0.15) is 0 Å². The molecular weight excluding hydrogens is 516 g/mol. The van der Waals surface area contributed by atoms with Gasteiger partial charge in [-0.25, -0.2) is 14.4 Å². The molecule has 0 bridgehead atoms. The first kappa shape index (κ1) is 24.9. The molecule has 0 aromatic heterocycles. The lowest BCUT2D eigenvalue weighted by Gasteiger charge is -2.47. The van der Waals surface area contributed by atoms with Crippen molar-refractivity contribution in [3.8, 4) is 0 Å². The SMILES string of the molecule is C[C@@H]1C(=O)OC2C(O)C34C5OC(=O)C3(OC3OC(=O)[C@H](O)C34C(C(C)(C)C)[C@H]5OC(=O)c3ccccc3)[C@]21O. The van der Waals surface area contributed by atoms with Crippen molar-refractivity contribution in [1.29, 1.82) is 0 Å². The summed E-state index contributed by atoms with van der Waals surface area (Å²) in [6.07, 6.45) is -9.93. The maximum absolute atomic E-state index is 13.9. The van der Waals surface area contributed by atoms with Gasteiger partial charge in [0, 0.05) is 5.92 Å². The van der Waals surface area contributed by atoms with Crippen molar-refractivity contribution in [2.24, 2.45) is 28.1 Å². The van der Waals surface area contributed by atoms with Crippen molar-refractivity contribution >= 4 is 23.9 Å². The Morgan fingerprint density at radius 3 is 2.28 bits per heavy atom. The van der Waals surface area contributed by atoms with Gasteiger partial charge >= 0.3 is 23.9 Å². The highest BCUT2D eigenvalue weighted by molar-refractivity contribution is 5.95. The summed E-state index contributed by atoms with van der Waals surface area (Å²) in [7, 11) is 0. The maximum Gasteiger partial charge on any atom is 0.343 e. The molecule has 4 saturated heterocycles. The van der Waals surface area contributed by atoms with Crippen molar-refractivity contribution in [2.75, 3.05) is 0 Å². The number of ether oxygens (including phenoxy) is 5. The third kappa shape index (κ3) is 2.21. The van der Waals surface area contributed by atoms with E-state index in [1.165, 1.54) is 19.1 Å². The highest BCUT2D eigenvalue weighted by Gasteiger charge is 3.05. The maximum atomic E-state index is 13.9. The Labute approximate surface area is 222 Å². The Morgan fingerprint density at radius 2 is 1.64 bits per heavy atom. The summed E-state index contributed by atoms with van der Waals surface area (Å²) in [4.78, 5) is 52.9. The molecule has 208 valence electrons. The lowest BCUT2D eigenvalue weighted by molar-refractivity contribution is -0.240. The summed E-state index contributed by atoms with van der Waals surface area (Å²) in [5.74, 6) is -6.19. The number of hydrogen-bond donors (Lipinski definition) is 3. The summed E-state index contributed by atoms with van der Waals surface area (Å²) in [6, 6.07) is 8.07. The molecule has 8 unspecified atom stereocenters. The number of aliphatic hydroxyl groups is 3. The molecule has 3 N–H and O–H groups in total. The van der Waals surface area contributed by atoms with E-state index in [9.17, 15) is 34.5 Å². The topological polar surface area (TPSA) is 175 Å². The van der Waals surface area contributed by atoms with Gasteiger partial charge in [0.1, 0.15) is 12.2 Å². The number of aliphatic hydroxyl groups excluding tert-OH is 2. The lowest BCUT2D eigenvalue weighted by atomic mass is 9.51. The first-order valence-electron chi connectivity index (χ1n) is 12.9. The Balaban J connectivity index is 1.52. The fraction of sp³-hybridized carbons (Fsp3) is 0.630. The lowest BCUT2D eigenvalue weighted by Crippen LogP contribution is -2.67. The van der Waals surface area contributed by atoms with E-state index in [1.807, 2.05) is 0 Å². The van der Waals surface area contributed by atoms with Crippen LogP contribution in [0.25, 0.3) is 0 Å². The van der Waals surface area contributed by atoms with E-state index in [4.69, 9.17) is 23.7 Å². The number of hydrogen-bond acceptors (Lipinski definition) is 12. The Morgan fingerprint density at radius 1 is 0.974 bits per heavy atom. The van der Waals surface area contributed by atoms with Gasteiger partial charge in [-0.1, -0.05) is 39.0 Å². The molecule has 6 fully saturated rings. The van der Waals surface area contributed by atoms with Crippen molar-refractivity contribution in [1.82, 2.24) is 0 Å². The predicted octanol–water partition coefficient (Wildman–Crippen LogP) is -0.534. The smallest absolute Gasteiger partial charge is 0.343 e. The van der Waals surface area contributed by atoms with Crippen LogP contribution in [0, 0.1) is 28.1 Å². The largest absolute Gasteiger partial charge is 0.456 e. The number of benzene rings is 1. The van der Waals surface area contributed by atoms with Crippen LogP contribution in [0.5, 0.6) is 0 Å². The number of esters is 4. The monoisotopic (exact) mass is 544 g/mol. The minimum absolute atomic E-state index is 0.199. The van der Waals surface area contributed by atoms with Crippen LogP contribution in [0.1, 0.15) is 38.1 Å². The zero-order chi connectivity index (χ0) is 28.1. The molecule has 4 aliphatic heterocycles. The van der Waals surface area contributed by atoms with Crippen LogP contribution in [0.15, 0.2) is 30.3 Å². The zero-order valence-corrected chi connectivity index (χ0v) is 21.5. The first-order valence-corrected chi connectivity index (χ1v) is 12.9. The molecule has 12 heteroatoms. The average Bonchev–Trinajstić information content (AvgIpc) is 3.58. The first-order chi connectivity index (χ1) is 18.2. The molecule has 7 rings (SSSR count). The third-order valence-corrected chi connectivity index (χ3v) is 10.2. The normalized spacial score (nSPS) is 50.6. The number of fused-ring (bicyclic) bond motifs is 1. The van der Waals surface area contributed by atoms with Crippen LogP contribution < -0.4 is 0 Å². The summed E-state index contributed by atoms with van der Waals surface area (Å²) in [5, 5.41) is 35.9. The van der Waals surface area contributed by atoms with Gasteiger partial charge in [-0.05, 0) is 24.5 Å². The van der Waals surface area contributed by atoms with Gasteiger partial charge in [0.25, 0.3) is 0 Å². The zero-order valence-electron chi connectivity index (χ0n) is 21.5. The second kappa shape index (κ2) is 6.98. The highest BCUT2D eigenvalue weighted by Crippen LogP contribution is 2.84. The molecule has 4 heterocycles. The highest BCUT2D eigenvalue weighted by atomic mass is 16.8. The quantitative estimate of drug-likeness (QED) is 0.321. The van der Waals surface area contributed by atoms with Gasteiger partial charge < -0.3 is 39.0 Å². The van der Waals surface area contributed by atoms with Crippen molar-refractivity contribution in [3.05, 3.63) is 35.9 Å². The third-order valence-electron chi connectivity index (χ3n) is 10.2. The van der Waals surface area contributed by atoms with Crippen molar-refractivity contribution in [2.45, 2.75) is 75.7 Å². The molecule has 0 radical (unpaired) electrons. The molecule has 2 aliphatic carbocycles. The van der Waals surface area contributed by atoms with Gasteiger partial charge in [-0.3, -0.25) is 4.79 Å². The second-order valence-corrected chi connectivity index (χ2v) is 12.5. The minimum atomic E-state index is -2.48. The number of carbonyl (C=O) groups excluding carboxylic acids is 4. The number of rotatable bonds is 2. The van der Waals surface area contributed by atoms with Crippen LogP contribution in [-0.2, 0) is 38.1 Å². The number of carbonyl (C=O) groups is 4. The fourth-order valence-corrected chi connectivity index (χ4v) is 9.12.